The second kappa shape index (κ2) is 4.69. The van der Waals surface area contributed by atoms with Crippen LogP contribution in [0.3, 0.4) is 0 Å². The van der Waals surface area contributed by atoms with Crippen LogP contribution in [0.25, 0.3) is 0 Å². The van der Waals surface area contributed by atoms with Gasteiger partial charge < -0.3 is 14.6 Å². The lowest BCUT2D eigenvalue weighted by Gasteiger charge is -2.32. The van der Waals surface area contributed by atoms with Crippen LogP contribution in [-0.2, 0) is 9.47 Å². The molecule has 1 saturated heterocycles. The summed E-state index contributed by atoms with van der Waals surface area (Å²) in [7, 11) is 0. The van der Waals surface area contributed by atoms with Crippen LogP contribution < -0.4 is 11.2 Å². The molecule has 1 fully saturated rings. The predicted molar refractivity (Wildman–Crippen MR) is 69.5 cm³/mol. The number of ether oxygens (including phenoxy) is 2. The van der Waals surface area contributed by atoms with E-state index in [1.807, 2.05) is 0 Å². The third-order valence-electron chi connectivity index (χ3n) is 3.81. The van der Waals surface area contributed by atoms with Crippen molar-refractivity contribution in [2.24, 2.45) is 0 Å². The second-order valence-electron chi connectivity index (χ2n) is 5.12. The Morgan fingerprint density at radius 3 is 3.05 bits per heavy atom. The van der Waals surface area contributed by atoms with Crippen molar-refractivity contribution in [3.8, 4) is 0 Å². The molecule has 7 nitrogen and oxygen atoms in total. The lowest BCUT2D eigenvalue weighted by atomic mass is 9.95. The summed E-state index contributed by atoms with van der Waals surface area (Å²) in [5.41, 5.74) is -1.42. The molecular weight excluding hydrogens is 264 g/mol. The van der Waals surface area contributed by atoms with Crippen LogP contribution in [0.15, 0.2) is 27.9 Å². The van der Waals surface area contributed by atoms with E-state index >= 15 is 0 Å². The molecule has 3 heterocycles. The van der Waals surface area contributed by atoms with Crippen LogP contribution in [-0.4, -0.2) is 39.6 Å². The molecule has 1 aromatic rings. The minimum absolute atomic E-state index is 0.220. The van der Waals surface area contributed by atoms with Crippen LogP contribution in [0.1, 0.15) is 18.2 Å². The first-order chi connectivity index (χ1) is 9.55. The fourth-order valence-electron chi connectivity index (χ4n) is 2.70. The molecule has 0 amide bonds. The summed E-state index contributed by atoms with van der Waals surface area (Å²) in [5.74, 6) is 0. The second-order valence-corrected chi connectivity index (χ2v) is 5.12. The number of rotatable bonds is 2. The van der Waals surface area contributed by atoms with Crippen molar-refractivity contribution < 1.29 is 14.6 Å². The number of hydrogen-bond acceptors (Lipinski definition) is 5. The molecule has 2 N–H and O–H groups in total. The van der Waals surface area contributed by atoms with Gasteiger partial charge in [0.15, 0.2) is 0 Å². The molecule has 3 unspecified atom stereocenters. The Hall–Kier alpha value is -1.70. The Labute approximate surface area is 114 Å². The van der Waals surface area contributed by atoms with Gasteiger partial charge in [-0.3, -0.25) is 14.3 Å². The highest BCUT2D eigenvalue weighted by Crippen LogP contribution is 2.40. The Balaban J connectivity index is 1.98. The first-order valence-electron chi connectivity index (χ1n) is 6.46. The average Bonchev–Trinajstić information content (AvgIpc) is 2.82. The molecule has 7 heteroatoms. The van der Waals surface area contributed by atoms with E-state index in [1.165, 1.54) is 10.8 Å². The molecular formula is C13H16N2O5. The lowest BCUT2D eigenvalue weighted by molar-refractivity contribution is -0.115. The maximum Gasteiger partial charge on any atom is 0.330 e. The Morgan fingerprint density at radius 1 is 1.55 bits per heavy atom. The number of aliphatic hydroxyl groups is 1. The number of aryl methyl sites for hydroxylation is 1. The van der Waals surface area contributed by atoms with Crippen LogP contribution in [0, 0.1) is 6.92 Å². The van der Waals surface area contributed by atoms with Gasteiger partial charge in [0.2, 0.25) is 0 Å². The van der Waals surface area contributed by atoms with Gasteiger partial charge in [-0.1, -0.05) is 6.08 Å². The number of nitrogens with one attached hydrogen (secondary N) is 1. The number of fused-ring (bicyclic) bond motifs is 1. The summed E-state index contributed by atoms with van der Waals surface area (Å²) in [6, 6.07) is 0. The van der Waals surface area contributed by atoms with E-state index in [0.717, 1.165) is 0 Å². The van der Waals surface area contributed by atoms with Crippen molar-refractivity contribution in [3.05, 3.63) is 44.8 Å². The average molecular weight is 280 g/mol. The Kier molecular flexibility index (Phi) is 3.12. The first-order valence-corrected chi connectivity index (χ1v) is 6.46. The lowest BCUT2D eigenvalue weighted by Crippen LogP contribution is -2.45. The fourth-order valence-corrected chi connectivity index (χ4v) is 2.70. The first kappa shape index (κ1) is 13.3. The third-order valence-corrected chi connectivity index (χ3v) is 3.81. The SMILES string of the molecule is Cc1cn(C2CC3OCC=CC3(CO)O2)c(=O)[nH]c1=O. The number of hydrogen-bond donors (Lipinski definition) is 2. The quantitative estimate of drug-likeness (QED) is 0.709. The molecule has 0 radical (unpaired) electrons. The van der Waals surface area contributed by atoms with Crippen LogP contribution in [0.4, 0.5) is 0 Å². The highest BCUT2D eigenvalue weighted by molar-refractivity contribution is 5.14. The molecule has 0 spiro atoms. The zero-order valence-electron chi connectivity index (χ0n) is 11.0. The molecule has 20 heavy (non-hydrogen) atoms. The Bertz CT molecular complexity index is 661. The van der Waals surface area contributed by atoms with E-state index in [9.17, 15) is 14.7 Å². The van der Waals surface area contributed by atoms with Crippen molar-refractivity contribution in [1.29, 1.82) is 0 Å². The molecule has 0 saturated carbocycles. The molecule has 2 aliphatic rings. The Morgan fingerprint density at radius 2 is 2.35 bits per heavy atom. The number of aliphatic hydroxyl groups excluding tert-OH is 1. The smallest absolute Gasteiger partial charge is 0.330 e. The van der Waals surface area contributed by atoms with E-state index in [4.69, 9.17) is 9.47 Å². The minimum Gasteiger partial charge on any atom is -0.393 e. The van der Waals surface area contributed by atoms with Crippen molar-refractivity contribution in [3.63, 3.8) is 0 Å². The molecule has 0 aromatic carbocycles. The summed E-state index contributed by atoms with van der Waals surface area (Å²) in [6.45, 7) is 1.86. The van der Waals surface area contributed by atoms with Gasteiger partial charge in [0.05, 0.1) is 19.3 Å². The standard InChI is InChI=1S/C13H16N2O5/c1-8-6-15(12(18)14-11(8)17)10-5-9-13(7-16,20-10)3-2-4-19-9/h2-3,6,9-10,16H,4-5,7H2,1H3,(H,14,17,18). The van der Waals surface area contributed by atoms with Crippen molar-refractivity contribution >= 4 is 0 Å². The zero-order valence-corrected chi connectivity index (χ0v) is 11.0. The maximum absolute atomic E-state index is 11.9. The van der Waals surface area contributed by atoms with Crippen molar-refractivity contribution in [2.45, 2.75) is 31.3 Å². The van der Waals surface area contributed by atoms with Crippen LogP contribution >= 0.6 is 0 Å². The van der Waals surface area contributed by atoms with Gasteiger partial charge in [-0.15, -0.1) is 0 Å². The molecule has 0 aliphatic carbocycles. The van der Waals surface area contributed by atoms with Crippen LogP contribution in [0.5, 0.6) is 0 Å². The normalized spacial score (nSPS) is 32.3. The number of nitrogens with zero attached hydrogens (tertiary/aromatic N) is 1. The minimum atomic E-state index is -0.910. The molecule has 2 aliphatic heterocycles. The molecule has 1 aromatic heterocycles. The highest BCUT2D eigenvalue weighted by atomic mass is 16.6. The summed E-state index contributed by atoms with van der Waals surface area (Å²) in [6.07, 6.45) is 4.61. The zero-order chi connectivity index (χ0) is 14.3. The van der Waals surface area contributed by atoms with Crippen molar-refractivity contribution in [2.75, 3.05) is 13.2 Å². The topological polar surface area (TPSA) is 93.6 Å². The molecule has 0 bridgehead atoms. The highest BCUT2D eigenvalue weighted by Gasteiger charge is 2.49. The number of H-pyrrole nitrogens is 1. The maximum atomic E-state index is 11.9. The summed E-state index contributed by atoms with van der Waals surface area (Å²) in [4.78, 5) is 25.5. The van der Waals surface area contributed by atoms with Gasteiger partial charge in [0, 0.05) is 18.2 Å². The molecule has 108 valence electrons. The van der Waals surface area contributed by atoms with E-state index in [0.29, 0.717) is 18.6 Å². The largest absolute Gasteiger partial charge is 0.393 e. The van der Waals surface area contributed by atoms with Gasteiger partial charge in [0.25, 0.3) is 5.56 Å². The number of aromatic amines is 1. The van der Waals surface area contributed by atoms with E-state index in [-0.39, 0.29) is 12.7 Å². The summed E-state index contributed by atoms with van der Waals surface area (Å²) < 4.78 is 12.8. The molecule has 3 rings (SSSR count). The van der Waals surface area contributed by atoms with Crippen molar-refractivity contribution in [1.82, 2.24) is 9.55 Å². The predicted octanol–water partition coefficient (Wildman–Crippen LogP) is -0.550. The van der Waals surface area contributed by atoms with E-state index < -0.39 is 23.1 Å². The third kappa shape index (κ3) is 1.94. The summed E-state index contributed by atoms with van der Waals surface area (Å²) in [5, 5.41) is 9.58. The van der Waals surface area contributed by atoms with Gasteiger partial charge in [0.1, 0.15) is 11.8 Å². The molecule has 3 atom stereocenters. The van der Waals surface area contributed by atoms with E-state index in [2.05, 4.69) is 4.98 Å². The number of aromatic nitrogens is 2. The van der Waals surface area contributed by atoms with Gasteiger partial charge >= 0.3 is 5.69 Å². The van der Waals surface area contributed by atoms with E-state index in [1.54, 1.807) is 19.1 Å². The monoisotopic (exact) mass is 280 g/mol. The fraction of sp³-hybridized carbons (Fsp3) is 0.538. The van der Waals surface area contributed by atoms with Gasteiger partial charge in [-0.25, -0.2) is 4.79 Å². The van der Waals surface area contributed by atoms with Crippen LogP contribution in [0.2, 0.25) is 0 Å². The summed E-state index contributed by atoms with van der Waals surface area (Å²) >= 11 is 0. The van der Waals surface area contributed by atoms with Gasteiger partial charge in [-0.05, 0) is 13.0 Å². The van der Waals surface area contributed by atoms with Gasteiger partial charge in [-0.2, -0.15) is 0 Å².